The number of benzene rings is 1. The van der Waals surface area contributed by atoms with Gasteiger partial charge in [0.25, 0.3) is 5.91 Å². The van der Waals surface area contributed by atoms with Gasteiger partial charge in [-0.25, -0.2) is 0 Å². The van der Waals surface area contributed by atoms with E-state index in [-0.39, 0.29) is 11.9 Å². The zero-order chi connectivity index (χ0) is 16.7. The monoisotopic (exact) mass is 322 g/mol. The van der Waals surface area contributed by atoms with Crippen LogP contribution in [0.15, 0.2) is 18.2 Å². The van der Waals surface area contributed by atoms with E-state index in [9.17, 15) is 4.79 Å². The molecule has 1 N–H and O–H groups in total. The number of carbonyl (C=O) groups excluding carboxylic acids is 1. The van der Waals surface area contributed by atoms with Crippen molar-refractivity contribution in [1.29, 1.82) is 0 Å². The third-order valence-electron chi connectivity index (χ3n) is 3.61. The van der Waals surface area contributed by atoms with Gasteiger partial charge >= 0.3 is 0 Å². The molecule has 6 nitrogen and oxygen atoms in total. The molecule has 0 radical (unpaired) electrons. The Labute approximate surface area is 137 Å². The van der Waals surface area contributed by atoms with Crippen LogP contribution >= 0.6 is 0 Å². The van der Waals surface area contributed by atoms with Crippen LogP contribution in [0, 0.1) is 0 Å². The molecule has 23 heavy (non-hydrogen) atoms. The largest absolute Gasteiger partial charge is 0.493 e. The van der Waals surface area contributed by atoms with Crippen LogP contribution in [0.4, 0.5) is 0 Å². The summed E-state index contributed by atoms with van der Waals surface area (Å²) in [4.78, 5) is 14.3. The van der Waals surface area contributed by atoms with Crippen molar-refractivity contribution in [1.82, 2.24) is 10.2 Å². The van der Waals surface area contributed by atoms with Gasteiger partial charge in [-0.2, -0.15) is 0 Å². The molecule has 128 valence electrons. The molecule has 1 aromatic rings. The van der Waals surface area contributed by atoms with Crippen LogP contribution < -0.4 is 14.8 Å². The molecule has 1 fully saturated rings. The van der Waals surface area contributed by atoms with Gasteiger partial charge in [-0.05, 0) is 32.0 Å². The predicted octanol–water partition coefficient (Wildman–Crippen LogP) is 1.54. The summed E-state index contributed by atoms with van der Waals surface area (Å²) in [5.74, 6) is 1.11. The first-order valence-electron chi connectivity index (χ1n) is 8.02. The minimum Gasteiger partial charge on any atom is -0.493 e. The van der Waals surface area contributed by atoms with Gasteiger partial charge in [0.2, 0.25) is 0 Å². The second kappa shape index (κ2) is 8.74. The van der Waals surface area contributed by atoms with Gasteiger partial charge in [0.1, 0.15) is 6.61 Å². The highest BCUT2D eigenvalue weighted by atomic mass is 16.5. The van der Waals surface area contributed by atoms with E-state index >= 15 is 0 Å². The first kappa shape index (κ1) is 17.6. The number of hydrogen-bond donors (Lipinski definition) is 1. The number of nitrogens with one attached hydrogen (secondary N) is 1. The Morgan fingerprint density at radius 2 is 2.04 bits per heavy atom. The number of rotatable bonds is 7. The summed E-state index contributed by atoms with van der Waals surface area (Å²) in [6.45, 7) is 8.72. The molecule has 6 heteroatoms. The summed E-state index contributed by atoms with van der Waals surface area (Å²) in [5, 5.41) is 2.86. The van der Waals surface area contributed by atoms with E-state index in [0.717, 1.165) is 32.8 Å². The fourth-order valence-electron chi connectivity index (χ4n) is 2.38. The van der Waals surface area contributed by atoms with E-state index < -0.39 is 0 Å². The quantitative estimate of drug-likeness (QED) is 0.825. The average Bonchev–Trinajstić information content (AvgIpc) is 2.55. The van der Waals surface area contributed by atoms with E-state index in [1.54, 1.807) is 25.3 Å². The fraction of sp³-hybridized carbons (Fsp3) is 0.588. The summed E-state index contributed by atoms with van der Waals surface area (Å²) >= 11 is 0. The molecule has 1 amide bonds. The standard InChI is InChI=1S/C17H26N2O4/c1-13(2)18-17(20)14-4-5-15(16(12-14)21-3)23-11-8-19-6-9-22-10-7-19/h4-5,12-13H,6-11H2,1-3H3,(H,18,20). The second-order valence-electron chi connectivity index (χ2n) is 5.80. The van der Waals surface area contributed by atoms with Crippen LogP contribution in [0.3, 0.4) is 0 Å². The van der Waals surface area contributed by atoms with Crippen LogP contribution in [0.2, 0.25) is 0 Å². The lowest BCUT2D eigenvalue weighted by molar-refractivity contribution is 0.0321. The number of ether oxygens (including phenoxy) is 3. The van der Waals surface area contributed by atoms with Crippen molar-refractivity contribution in [2.75, 3.05) is 46.6 Å². The van der Waals surface area contributed by atoms with Crippen molar-refractivity contribution in [3.8, 4) is 11.5 Å². The number of carbonyl (C=O) groups is 1. The number of methoxy groups -OCH3 is 1. The average molecular weight is 322 g/mol. The Balaban J connectivity index is 1.92. The molecule has 0 unspecified atom stereocenters. The predicted molar refractivity (Wildman–Crippen MR) is 88.4 cm³/mol. The minimum atomic E-state index is -0.113. The van der Waals surface area contributed by atoms with Crippen LogP contribution in [-0.4, -0.2) is 63.4 Å². The van der Waals surface area contributed by atoms with Crippen molar-refractivity contribution in [2.45, 2.75) is 19.9 Å². The summed E-state index contributed by atoms with van der Waals surface area (Å²) in [6, 6.07) is 5.34. The number of hydrogen-bond acceptors (Lipinski definition) is 5. The first-order valence-corrected chi connectivity index (χ1v) is 8.02. The highest BCUT2D eigenvalue weighted by molar-refractivity contribution is 5.95. The first-order chi connectivity index (χ1) is 11.1. The molecule has 0 spiro atoms. The summed E-state index contributed by atoms with van der Waals surface area (Å²) < 4.78 is 16.5. The maximum Gasteiger partial charge on any atom is 0.251 e. The second-order valence-corrected chi connectivity index (χ2v) is 5.80. The Morgan fingerprint density at radius 3 is 2.70 bits per heavy atom. The number of nitrogens with zero attached hydrogens (tertiary/aromatic N) is 1. The van der Waals surface area contributed by atoms with Crippen molar-refractivity contribution in [2.24, 2.45) is 0 Å². The minimum absolute atomic E-state index is 0.0953. The molecule has 1 heterocycles. The van der Waals surface area contributed by atoms with Gasteiger partial charge in [-0.15, -0.1) is 0 Å². The summed E-state index contributed by atoms with van der Waals surface area (Å²) in [6.07, 6.45) is 0. The molecule has 0 bridgehead atoms. The summed E-state index contributed by atoms with van der Waals surface area (Å²) in [5.41, 5.74) is 0.566. The zero-order valence-corrected chi connectivity index (χ0v) is 14.1. The summed E-state index contributed by atoms with van der Waals surface area (Å²) in [7, 11) is 1.58. The van der Waals surface area contributed by atoms with Crippen molar-refractivity contribution in [3.05, 3.63) is 23.8 Å². The van der Waals surface area contributed by atoms with Gasteiger partial charge in [0.05, 0.1) is 20.3 Å². The zero-order valence-electron chi connectivity index (χ0n) is 14.1. The Hall–Kier alpha value is -1.79. The highest BCUT2D eigenvalue weighted by Crippen LogP contribution is 2.28. The molecular weight excluding hydrogens is 296 g/mol. The van der Waals surface area contributed by atoms with Crippen LogP contribution in [0.1, 0.15) is 24.2 Å². The van der Waals surface area contributed by atoms with Crippen LogP contribution in [0.5, 0.6) is 11.5 Å². The Kier molecular flexibility index (Phi) is 6.67. The topological polar surface area (TPSA) is 60.0 Å². The maximum absolute atomic E-state index is 12.0. The van der Waals surface area contributed by atoms with Crippen molar-refractivity contribution in [3.63, 3.8) is 0 Å². The number of amides is 1. The van der Waals surface area contributed by atoms with Gasteiger partial charge in [0.15, 0.2) is 11.5 Å². The number of morpholine rings is 1. The van der Waals surface area contributed by atoms with E-state index in [4.69, 9.17) is 14.2 Å². The Morgan fingerprint density at radius 1 is 1.30 bits per heavy atom. The molecule has 0 saturated carbocycles. The highest BCUT2D eigenvalue weighted by Gasteiger charge is 2.13. The normalized spacial score (nSPS) is 15.5. The molecule has 1 saturated heterocycles. The molecular formula is C17H26N2O4. The molecule has 1 aromatic carbocycles. The SMILES string of the molecule is COc1cc(C(=O)NC(C)C)ccc1OCCN1CCOCC1. The molecule has 0 atom stereocenters. The molecule has 1 aliphatic rings. The molecule has 1 aliphatic heterocycles. The van der Waals surface area contributed by atoms with Crippen LogP contribution in [0.25, 0.3) is 0 Å². The molecule has 0 aromatic heterocycles. The van der Waals surface area contributed by atoms with E-state index in [0.29, 0.717) is 23.7 Å². The third kappa shape index (κ3) is 5.41. The smallest absolute Gasteiger partial charge is 0.251 e. The fourth-order valence-corrected chi connectivity index (χ4v) is 2.38. The molecule has 2 rings (SSSR count). The third-order valence-corrected chi connectivity index (χ3v) is 3.61. The van der Waals surface area contributed by atoms with Gasteiger partial charge < -0.3 is 19.5 Å². The van der Waals surface area contributed by atoms with Crippen molar-refractivity contribution >= 4 is 5.91 Å². The lowest BCUT2D eigenvalue weighted by Crippen LogP contribution is -2.38. The van der Waals surface area contributed by atoms with E-state index in [2.05, 4.69) is 10.2 Å². The van der Waals surface area contributed by atoms with Crippen LogP contribution in [-0.2, 0) is 4.74 Å². The van der Waals surface area contributed by atoms with E-state index in [1.165, 1.54) is 0 Å². The Bertz CT molecular complexity index is 513. The van der Waals surface area contributed by atoms with Gasteiger partial charge in [-0.1, -0.05) is 0 Å². The van der Waals surface area contributed by atoms with E-state index in [1.807, 2.05) is 13.8 Å². The maximum atomic E-state index is 12.0. The molecule has 0 aliphatic carbocycles. The van der Waals surface area contributed by atoms with Gasteiger partial charge in [-0.3, -0.25) is 9.69 Å². The van der Waals surface area contributed by atoms with Gasteiger partial charge in [0, 0.05) is 31.2 Å². The lowest BCUT2D eigenvalue weighted by atomic mass is 10.2. The lowest BCUT2D eigenvalue weighted by Gasteiger charge is -2.26. The van der Waals surface area contributed by atoms with Crippen molar-refractivity contribution < 1.29 is 19.0 Å².